The number of hydrogen-bond donors (Lipinski definition) is 1. The van der Waals surface area contributed by atoms with Crippen molar-refractivity contribution in [3.8, 4) is 34.1 Å². The fraction of sp³-hybridized carbons (Fsp3) is 0.391. The summed E-state index contributed by atoms with van der Waals surface area (Å²) in [5.74, 6) is 1.52. The van der Waals surface area contributed by atoms with E-state index >= 15 is 0 Å². The van der Waals surface area contributed by atoms with Gasteiger partial charge in [-0.25, -0.2) is 0 Å². The second-order valence-corrected chi connectivity index (χ2v) is 8.25. The first-order chi connectivity index (χ1) is 15.3. The third-order valence-corrected chi connectivity index (χ3v) is 6.39. The third kappa shape index (κ3) is 4.17. The van der Waals surface area contributed by atoms with Gasteiger partial charge >= 0.3 is 0 Å². The van der Waals surface area contributed by atoms with E-state index in [1.165, 1.54) is 21.3 Å². The summed E-state index contributed by atoms with van der Waals surface area (Å²) in [6.45, 7) is 0. The van der Waals surface area contributed by atoms with E-state index in [0.29, 0.717) is 40.2 Å². The maximum atomic E-state index is 12.9. The van der Waals surface area contributed by atoms with Crippen molar-refractivity contribution >= 4 is 28.9 Å². The zero-order chi connectivity index (χ0) is 23.6. The zero-order valence-electron chi connectivity index (χ0n) is 19.0. The number of fused-ring (bicyclic) bond motifs is 3. The van der Waals surface area contributed by atoms with Crippen LogP contribution < -0.4 is 29.7 Å². The van der Waals surface area contributed by atoms with Crippen LogP contribution in [0, 0.1) is 0 Å². The molecule has 1 atom stereocenters. The Labute approximate surface area is 198 Å². The molecule has 7 nitrogen and oxygen atoms in total. The summed E-state index contributed by atoms with van der Waals surface area (Å²) in [5, 5.41) is 4.38. The molecule has 0 radical (unpaired) electrons. The number of methoxy groups -OCH3 is 4. The van der Waals surface area contributed by atoms with Crippen molar-refractivity contribution < 1.29 is 18.9 Å². The Morgan fingerprint density at radius 3 is 2.28 bits per heavy atom. The molecular weight excluding hydrogens is 452 g/mol. The van der Waals surface area contributed by atoms with E-state index in [2.05, 4.69) is 5.32 Å². The molecule has 0 fully saturated rings. The number of nitrogens with zero attached hydrogens (tertiary/aromatic N) is 1. The predicted octanol–water partition coefficient (Wildman–Crippen LogP) is 3.83. The minimum atomic E-state index is -0.241. The van der Waals surface area contributed by atoms with E-state index in [-0.39, 0.29) is 17.2 Å². The maximum absolute atomic E-state index is 12.9. The van der Waals surface area contributed by atoms with Crippen molar-refractivity contribution in [1.82, 2.24) is 10.2 Å². The van der Waals surface area contributed by atoms with Crippen LogP contribution in [0.4, 0.5) is 0 Å². The van der Waals surface area contributed by atoms with Gasteiger partial charge in [0, 0.05) is 19.7 Å². The average molecular weight is 479 g/mol. The first-order valence-electron chi connectivity index (χ1n) is 9.99. The monoisotopic (exact) mass is 478 g/mol. The van der Waals surface area contributed by atoms with Crippen LogP contribution >= 0.6 is 23.8 Å². The summed E-state index contributed by atoms with van der Waals surface area (Å²) in [5.41, 5.74) is 2.91. The van der Waals surface area contributed by atoms with E-state index in [0.717, 1.165) is 22.3 Å². The molecule has 32 heavy (non-hydrogen) atoms. The fourth-order valence-electron chi connectivity index (χ4n) is 3.97. The van der Waals surface area contributed by atoms with E-state index in [4.69, 9.17) is 42.8 Å². The Morgan fingerprint density at radius 1 is 1.06 bits per heavy atom. The van der Waals surface area contributed by atoms with Gasteiger partial charge in [0.05, 0.1) is 39.5 Å². The summed E-state index contributed by atoms with van der Waals surface area (Å²) < 4.78 is 22.2. The van der Waals surface area contributed by atoms with E-state index in [1.54, 1.807) is 19.2 Å². The van der Waals surface area contributed by atoms with Gasteiger partial charge in [-0.2, -0.15) is 0 Å². The van der Waals surface area contributed by atoms with Crippen molar-refractivity contribution in [3.63, 3.8) is 0 Å². The Kier molecular flexibility index (Phi) is 7.36. The lowest BCUT2D eigenvalue weighted by atomic mass is 9.95. The predicted molar refractivity (Wildman–Crippen MR) is 130 cm³/mol. The summed E-state index contributed by atoms with van der Waals surface area (Å²) in [6.07, 6.45) is 1.24. The molecule has 1 aliphatic rings. The molecular formula is C23H27ClN2O5S. The standard InChI is InChI=1S/C23H27ClN2O5S/c1-26(2)23(32)25-15-9-7-13-18(12-8-10-17(28-3)16(27)11-14(12)15)20(29-4)22(31-6)21(30-5)19(13)24/h8,10-11,15H,7,9H2,1-6H3,(H,25,32)/t15-/m0/s1. The minimum absolute atomic E-state index is 0.231. The number of rotatable bonds is 5. The van der Waals surface area contributed by atoms with Gasteiger partial charge in [-0.15, -0.1) is 0 Å². The van der Waals surface area contributed by atoms with Crippen LogP contribution in [0.25, 0.3) is 11.1 Å². The summed E-state index contributed by atoms with van der Waals surface area (Å²) >= 11 is 12.3. The number of ether oxygens (including phenoxy) is 4. The van der Waals surface area contributed by atoms with Crippen molar-refractivity contribution in [1.29, 1.82) is 0 Å². The number of halogens is 1. The van der Waals surface area contributed by atoms with Gasteiger partial charge in [0.1, 0.15) is 0 Å². The first-order valence-corrected chi connectivity index (χ1v) is 10.8. The van der Waals surface area contributed by atoms with Gasteiger partial charge in [-0.3, -0.25) is 4.79 Å². The molecule has 0 heterocycles. The second-order valence-electron chi connectivity index (χ2n) is 7.48. The lowest BCUT2D eigenvalue weighted by Crippen LogP contribution is -2.37. The number of hydrogen-bond acceptors (Lipinski definition) is 6. The molecule has 0 spiro atoms. The lowest BCUT2D eigenvalue weighted by Gasteiger charge is -2.23. The normalized spacial score (nSPS) is 14.4. The summed E-state index contributed by atoms with van der Waals surface area (Å²) in [7, 11) is 9.83. The molecule has 2 aromatic carbocycles. The van der Waals surface area contributed by atoms with E-state index < -0.39 is 0 Å². The van der Waals surface area contributed by atoms with Crippen LogP contribution in [0.2, 0.25) is 5.02 Å². The molecule has 0 aliphatic heterocycles. The highest BCUT2D eigenvalue weighted by molar-refractivity contribution is 7.80. The average Bonchev–Trinajstić information content (AvgIpc) is 3.02. The number of nitrogens with one attached hydrogen (secondary N) is 1. The van der Waals surface area contributed by atoms with Crippen LogP contribution in [0.15, 0.2) is 23.0 Å². The van der Waals surface area contributed by atoms with Gasteiger partial charge in [0.2, 0.25) is 11.2 Å². The zero-order valence-corrected chi connectivity index (χ0v) is 20.6. The van der Waals surface area contributed by atoms with Crippen LogP contribution in [-0.2, 0) is 6.42 Å². The number of thiocarbonyl (C=S) groups is 1. The molecule has 0 bridgehead atoms. The topological polar surface area (TPSA) is 69.3 Å². The highest BCUT2D eigenvalue weighted by Crippen LogP contribution is 2.54. The molecule has 2 aromatic rings. The third-order valence-electron chi connectivity index (χ3n) is 5.51. The van der Waals surface area contributed by atoms with Crippen molar-refractivity contribution in [2.24, 2.45) is 0 Å². The maximum Gasteiger partial charge on any atom is 0.220 e. The highest BCUT2D eigenvalue weighted by Gasteiger charge is 2.32. The molecule has 3 rings (SSSR count). The Morgan fingerprint density at radius 2 is 1.72 bits per heavy atom. The van der Waals surface area contributed by atoms with Crippen molar-refractivity contribution in [2.75, 3.05) is 42.5 Å². The van der Waals surface area contributed by atoms with Crippen LogP contribution in [0.5, 0.6) is 23.0 Å². The van der Waals surface area contributed by atoms with Crippen molar-refractivity contribution in [2.45, 2.75) is 18.9 Å². The summed E-state index contributed by atoms with van der Waals surface area (Å²) in [4.78, 5) is 14.7. The van der Waals surface area contributed by atoms with Crippen LogP contribution in [0.1, 0.15) is 23.6 Å². The van der Waals surface area contributed by atoms with Crippen molar-refractivity contribution in [3.05, 3.63) is 44.6 Å². The minimum Gasteiger partial charge on any atom is -0.493 e. The number of benzene rings is 1. The molecule has 0 unspecified atom stereocenters. The second kappa shape index (κ2) is 9.83. The molecule has 0 aromatic heterocycles. The first kappa shape index (κ1) is 23.9. The molecule has 172 valence electrons. The highest BCUT2D eigenvalue weighted by atomic mass is 35.5. The van der Waals surface area contributed by atoms with Gasteiger partial charge in [0.25, 0.3) is 0 Å². The molecule has 0 saturated carbocycles. The quantitative estimate of drug-likeness (QED) is 0.650. The van der Waals surface area contributed by atoms with E-state index in [1.807, 2.05) is 25.1 Å². The smallest absolute Gasteiger partial charge is 0.220 e. The molecule has 0 amide bonds. The Hall–Kier alpha value is -2.71. The molecule has 1 aliphatic carbocycles. The SMILES string of the molecule is COc1c(Cl)c2c(c(OC)c1OC)-c1ccc(OC)c(=O)cc1[C@@H](NC(=S)N(C)C)CC2. The molecule has 0 saturated heterocycles. The van der Waals surface area contributed by atoms with E-state index in [9.17, 15) is 4.79 Å². The Bertz CT molecular complexity index is 1110. The Balaban J connectivity index is 2.42. The largest absolute Gasteiger partial charge is 0.493 e. The van der Waals surface area contributed by atoms with Gasteiger partial charge in [-0.1, -0.05) is 17.7 Å². The van der Waals surface area contributed by atoms with Gasteiger partial charge < -0.3 is 29.2 Å². The van der Waals surface area contributed by atoms with Crippen LogP contribution in [-0.4, -0.2) is 52.5 Å². The van der Waals surface area contributed by atoms with Gasteiger partial charge in [0.15, 0.2) is 22.4 Å². The van der Waals surface area contributed by atoms with Gasteiger partial charge in [-0.05, 0) is 53.9 Å². The lowest BCUT2D eigenvalue weighted by molar-refractivity contribution is 0.325. The molecule has 1 N–H and O–H groups in total. The fourth-order valence-corrected chi connectivity index (χ4v) is 4.46. The van der Waals surface area contributed by atoms with Crippen LogP contribution in [0.3, 0.4) is 0 Å². The summed E-state index contributed by atoms with van der Waals surface area (Å²) in [6, 6.07) is 4.85. The molecule has 9 heteroatoms.